The second-order valence-corrected chi connectivity index (χ2v) is 6.76. The molecule has 0 atom stereocenters. The van der Waals surface area contributed by atoms with E-state index in [1.807, 2.05) is 0 Å². The van der Waals surface area contributed by atoms with Crippen molar-refractivity contribution in [1.82, 2.24) is 15.3 Å². The van der Waals surface area contributed by atoms with Gasteiger partial charge in [0, 0.05) is 11.6 Å². The van der Waals surface area contributed by atoms with Gasteiger partial charge in [-0.1, -0.05) is 17.7 Å². The number of amides is 1. The summed E-state index contributed by atoms with van der Waals surface area (Å²) >= 11 is 5.73. The first-order valence-electron chi connectivity index (χ1n) is 8.59. The van der Waals surface area contributed by atoms with Gasteiger partial charge in [-0.25, -0.2) is 9.97 Å². The lowest BCUT2D eigenvalue weighted by atomic mass is 9.92. The number of aromatic nitrogens is 2. The van der Waals surface area contributed by atoms with E-state index in [9.17, 15) is 18.0 Å². The van der Waals surface area contributed by atoms with E-state index < -0.39 is 18.0 Å². The van der Waals surface area contributed by atoms with Gasteiger partial charge >= 0.3 is 12.4 Å². The van der Waals surface area contributed by atoms with Crippen molar-refractivity contribution in [2.24, 2.45) is 0 Å². The van der Waals surface area contributed by atoms with Crippen molar-refractivity contribution in [2.45, 2.75) is 44.2 Å². The van der Waals surface area contributed by atoms with Crippen LogP contribution in [0.1, 0.15) is 36.0 Å². The minimum Gasteiger partial charge on any atom is -0.460 e. The summed E-state index contributed by atoms with van der Waals surface area (Å²) in [5.41, 5.74) is 0.106. The maximum atomic E-state index is 12.3. The van der Waals surface area contributed by atoms with Gasteiger partial charge in [-0.15, -0.1) is 13.2 Å². The first kappa shape index (κ1) is 20.2. The highest BCUT2D eigenvalue weighted by Gasteiger charge is 2.31. The number of carbonyl (C=O) groups is 1. The third-order valence-electron chi connectivity index (χ3n) is 4.21. The predicted molar refractivity (Wildman–Crippen MR) is 94.3 cm³/mol. The molecule has 1 aromatic carbocycles. The molecule has 1 aliphatic carbocycles. The van der Waals surface area contributed by atoms with Crippen molar-refractivity contribution in [2.75, 3.05) is 0 Å². The van der Waals surface area contributed by atoms with Gasteiger partial charge in [0.15, 0.2) is 0 Å². The number of halogens is 4. The zero-order valence-corrected chi connectivity index (χ0v) is 15.3. The van der Waals surface area contributed by atoms with Crippen molar-refractivity contribution in [3.05, 3.63) is 47.2 Å². The maximum Gasteiger partial charge on any atom is 0.573 e. The number of hydrogen-bond acceptors (Lipinski definition) is 5. The molecule has 0 spiro atoms. The summed E-state index contributed by atoms with van der Waals surface area (Å²) in [6.45, 7) is 0. The SMILES string of the molecule is O=C(NC1CCC(Oc2ncc(Cl)cn2)CC1)c1cccc(OC(F)(F)F)c1. The third kappa shape index (κ3) is 5.98. The lowest BCUT2D eigenvalue weighted by Gasteiger charge is -2.28. The summed E-state index contributed by atoms with van der Waals surface area (Å²) in [5.74, 6) is -0.877. The van der Waals surface area contributed by atoms with Crippen LogP contribution in [0.25, 0.3) is 0 Å². The Morgan fingerprint density at radius 2 is 1.82 bits per heavy atom. The van der Waals surface area contributed by atoms with Crippen LogP contribution in [0.4, 0.5) is 13.2 Å². The van der Waals surface area contributed by atoms with Crippen LogP contribution in [0.15, 0.2) is 36.7 Å². The summed E-state index contributed by atoms with van der Waals surface area (Å²) in [7, 11) is 0. The molecule has 2 aromatic rings. The summed E-state index contributed by atoms with van der Waals surface area (Å²) in [5, 5.41) is 3.26. The zero-order valence-electron chi connectivity index (χ0n) is 14.6. The Labute approximate surface area is 164 Å². The van der Waals surface area contributed by atoms with Crippen LogP contribution in [0, 0.1) is 0 Å². The highest BCUT2D eigenvalue weighted by molar-refractivity contribution is 6.30. The average Bonchev–Trinajstić information content (AvgIpc) is 2.64. The van der Waals surface area contributed by atoms with E-state index in [1.54, 1.807) is 0 Å². The molecule has 0 saturated heterocycles. The van der Waals surface area contributed by atoms with Crippen LogP contribution in [0.3, 0.4) is 0 Å². The zero-order chi connectivity index (χ0) is 20.1. The quantitative estimate of drug-likeness (QED) is 0.794. The molecule has 1 aromatic heterocycles. The van der Waals surface area contributed by atoms with Gasteiger partial charge in [-0.3, -0.25) is 4.79 Å². The molecule has 1 aliphatic rings. The number of carbonyl (C=O) groups excluding carboxylic acids is 1. The number of alkyl halides is 3. The van der Waals surface area contributed by atoms with E-state index in [1.165, 1.54) is 24.5 Å². The predicted octanol–water partition coefficient (Wildman–Crippen LogP) is 4.15. The van der Waals surface area contributed by atoms with E-state index in [0.29, 0.717) is 30.7 Å². The molecule has 150 valence electrons. The fourth-order valence-corrected chi connectivity index (χ4v) is 3.04. The van der Waals surface area contributed by atoms with Crippen molar-refractivity contribution in [3.8, 4) is 11.8 Å². The smallest absolute Gasteiger partial charge is 0.460 e. The van der Waals surface area contributed by atoms with Gasteiger partial charge < -0.3 is 14.8 Å². The molecule has 1 N–H and O–H groups in total. The Balaban J connectivity index is 1.49. The highest BCUT2D eigenvalue weighted by Crippen LogP contribution is 2.25. The third-order valence-corrected chi connectivity index (χ3v) is 4.40. The molecule has 3 rings (SSSR count). The molecule has 10 heteroatoms. The number of nitrogens with one attached hydrogen (secondary N) is 1. The maximum absolute atomic E-state index is 12.3. The molecule has 0 aliphatic heterocycles. The van der Waals surface area contributed by atoms with E-state index in [2.05, 4.69) is 20.0 Å². The van der Waals surface area contributed by atoms with E-state index in [4.69, 9.17) is 16.3 Å². The number of hydrogen-bond donors (Lipinski definition) is 1. The van der Waals surface area contributed by atoms with Crippen LogP contribution in [0.5, 0.6) is 11.8 Å². The molecule has 1 fully saturated rings. The molecular weight excluding hydrogens is 399 g/mol. The average molecular weight is 416 g/mol. The van der Waals surface area contributed by atoms with Crippen molar-refractivity contribution in [3.63, 3.8) is 0 Å². The normalized spacial score (nSPS) is 19.7. The molecule has 0 unspecified atom stereocenters. The Hall–Kier alpha value is -2.55. The Kier molecular flexibility index (Phi) is 6.23. The van der Waals surface area contributed by atoms with Crippen molar-refractivity contribution in [1.29, 1.82) is 0 Å². The van der Waals surface area contributed by atoms with E-state index in [0.717, 1.165) is 12.1 Å². The van der Waals surface area contributed by atoms with E-state index >= 15 is 0 Å². The Bertz CT molecular complexity index is 810. The Morgan fingerprint density at radius 3 is 2.46 bits per heavy atom. The van der Waals surface area contributed by atoms with Crippen LogP contribution >= 0.6 is 11.6 Å². The summed E-state index contributed by atoms with van der Waals surface area (Å²) in [6, 6.07) is 5.14. The van der Waals surface area contributed by atoms with Crippen molar-refractivity contribution < 1.29 is 27.4 Å². The molecule has 6 nitrogen and oxygen atoms in total. The lowest BCUT2D eigenvalue weighted by Crippen LogP contribution is -2.39. The monoisotopic (exact) mass is 415 g/mol. The molecule has 1 heterocycles. The molecule has 0 bridgehead atoms. The minimum atomic E-state index is -4.80. The number of nitrogens with zero attached hydrogens (tertiary/aromatic N) is 2. The van der Waals surface area contributed by atoms with Crippen molar-refractivity contribution >= 4 is 17.5 Å². The fraction of sp³-hybridized carbons (Fsp3) is 0.389. The first-order valence-corrected chi connectivity index (χ1v) is 8.97. The van der Waals surface area contributed by atoms with Gasteiger partial charge in [-0.2, -0.15) is 0 Å². The number of benzene rings is 1. The summed E-state index contributed by atoms with van der Waals surface area (Å²) in [6.07, 6.45) is 0.742. The summed E-state index contributed by atoms with van der Waals surface area (Å²) in [4.78, 5) is 20.3. The topological polar surface area (TPSA) is 73.3 Å². The molecule has 0 radical (unpaired) electrons. The molecular formula is C18H17ClF3N3O3. The number of rotatable bonds is 5. The summed E-state index contributed by atoms with van der Waals surface area (Å²) < 4.78 is 46.5. The second-order valence-electron chi connectivity index (χ2n) is 6.32. The van der Waals surface area contributed by atoms with Crippen LogP contribution in [-0.2, 0) is 0 Å². The highest BCUT2D eigenvalue weighted by atomic mass is 35.5. The van der Waals surface area contributed by atoms with E-state index in [-0.39, 0.29) is 23.7 Å². The first-order chi connectivity index (χ1) is 13.3. The Morgan fingerprint density at radius 1 is 1.14 bits per heavy atom. The largest absolute Gasteiger partial charge is 0.573 e. The second kappa shape index (κ2) is 8.64. The lowest BCUT2D eigenvalue weighted by molar-refractivity contribution is -0.274. The van der Waals surface area contributed by atoms with Gasteiger partial charge in [0.2, 0.25) is 0 Å². The fourth-order valence-electron chi connectivity index (χ4n) is 2.94. The van der Waals surface area contributed by atoms with Crippen LogP contribution in [-0.4, -0.2) is 34.4 Å². The molecule has 1 saturated carbocycles. The molecule has 1 amide bonds. The van der Waals surface area contributed by atoms with Gasteiger partial charge in [0.25, 0.3) is 5.91 Å². The number of ether oxygens (including phenoxy) is 2. The molecule has 28 heavy (non-hydrogen) atoms. The van der Waals surface area contributed by atoms with Gasteiger partial charge in [0.05, 0.1) is 17.4 Å². The van der Waals surface area contributed by atoms with Gasteiger partial charge in [-0.05, 0) is 43.9 Å². The van der Waals surface area contributed by atoms with Crippen LogP contribution in [0.2, 0.25) is 5.02 Å². The minimum absolute atomic E-state index is 0.0714. The standard InChI is InChI=1S/C18H17ClF3N3O3/c19-12-9-23-17(24-10-12)27-14-6-4-13(5-7-14)25-16(26)11-2-1-3-15(8-11)28-18(20,21)22/h1-3,8-10,13-14H,4-7H2,(H,25,26). The van der Waals surface area contributed by atoms with Gasteiger partial charge in [0.1, 0.15) is 11.9 Å². The van der Waals surface area contributed by atoms with Crippen LogP contribution < -0.4 is 14.8 Å².